The van der Waals surface area contributed by atoms with Crippen LogP contribution in [0.2, 0.25) is 5.02 Å². The van der Waals surface area contributed by atoms with Crippen LogP contribution >= 0.6 is 27.5 Å². The van der Waals surface area contributed by atoms with Gasteiger partial charge in [-0.25, -0.2) is 8.78 Å². The van der Waals surface area contributed by atoms with Crippen LogP contribution < -0.4 is 5.73 Å². The average molecular weight is 285 g/mol. The molecule has 0 aliphatic heterocycles. The summed E-state index contributed by atoms with van der Waals surface area (Å²) in [6.45, 7) is 0. The third-order valence-corrected chi connectivity index (χ3v) is 2.99. The molecule has 14 heavy (non-hydrogen) atoms. The molecule has 5 heteroatoms. The van der Waals surface area contributed by atoms with Gasteiger partial charge in [0.25, 0.3) is 6.43 Å². The summed E-state index contributed by atoms with van der Waals surface area (Å²) >= 11 is 8.97. The lowest BCUT2D eigenvalue weighted by Crippen LogP contribution is -2.30. The van der Waals surface area contributed by atoms with Crippen molar-refractivity contribution in [3.8, 4) is 0 Å². The molecule has 1 rings (SSSR count). The van der Waals surface area contributed by atoms with Crippen molar-refractivity contribution in [3.63, 3.8) is 0 Å². The molecule has 1 aromatic carbocycles. The highest BCUT2D eigenvalue weighted by atomic mass is 79.9. The second kappa shape index (κ2) is 5.05. The lowest BCUT2D eigenvalue weighted by molar-refractivity contribution is 0.116. The zero-order chi connectivity index (χ0) is 10.7. The Labute approximate surface area is 94.4 Å². The molecule has 0 heterocycles. The molecule has 0 saturated carbocycles. The van der Waals surface area contributed by atoms with Gasteiger partial charge in [-0.2, -0.15) is 0 Å². The predicted molar refractivity (Wildman–Crippen MR) is 56.8 cm³/mol. The first-order valence-corrected chi connectivity index (χ1v) is 5.15. The van der Waals surface area contributed by atoms with Crippen LogP contribution in [0.25, 0.3) is 0 Å². The summed E-state index contributed by atoms with van der Waals surface area (Å²) < 4.78 is 25.0. The minimum absolute atomic E-state index is 0.146. The lowest BCUT2D eigenvalue weighted by atomic mass is 10.1. The first-order valence-electron chi connectivity index (χ1n) is 3.98. The average Bonchev–Trinajstić information content (AvgIpc) is 2.11. The van der Waals surface area contributed by atoms with E-state index in [2.05, 4.69) is 15.9 Å². The van der Waals surface area contributed by atoms with E-state index in [4.69, 9.17) is 17.3 Å². The molecule has 0 fully saturated rings. The van der Waals surface area contributed by atoms with E-state index in [0.29, 0.717) is 9.50 Å². The van der Waals surface area contributed by atoms with Gasteiger partial charge in [0, 0.05) is 4.47 Å². The summed E-state index contributed by atoms with van der Waals surface area (Å²) in [6.07, 6.45) is -2.35. The van der Waals surface area contributed by atoms with Gasteiger partial charge in [0.2, 0.25) is 0 Å². The highest BCUT2D eigenvalue weighted by molar-refractivity contribution is 9.10. The summed E-state index contributed by atoms with van der Waals surface area (Å²) in [6, 6.07) is 3.92. The molecule has 0 spiro atoms. The van der Waals surface area contributed by atoms with Gasteiger partial charge in [-0.15, -0.1) is 0 Å². The maximum atomic E-state index is 12.1. The minimum Gasteiger partial charge on any atom is -0.323 e. The molecule has 78 valence electrons. The van der Waals surface area contributed by atoms with Gasteiger partial charge < -0.3 is 5.73 Å². The van der Waals surface area contributed by atoms with E-state index in [1.54, 1.807) is 18.2 Å². The van der Waals surface area contributed by atoms with Crippen molar-refractivity contribution in [2.24, 2.45) is 5.73 Å². The summed E-state index contributed by atoms with van der Waals surface area (Å²) in [5, 5.41) is 0.555. The quantitative estimate of drug-likeness (QED) is 0.906. The fourth-order valence-electron chi connectivity index (χ4n) is 1.03. The van der Waals surface area contributed by atoms with E-state index in [1.807, 2.05) is 0 Å². The van der Waals surface area contributed by atoms with E-state index < -0.39 is 12.5 Å². The third-order valence-electron chi connectivity index (χ3n) is 1.78. The first-order chi connectivity index (χ1) is 6.50. The van der Waals surface area contributed by atoms with E-state index in [0.717, 1.165) is 5.56 Å². The summed E-state index contributed by atoms with van der Waals surface area (Å²) in [7, 11) is 0. The fraction of sp³-hybridized carbons (Fsp3) is 0.333. The summed E-state index contributed by atoms with van der Waals surface area (Å²) in [5.74, 6) is 0. The monoisotopic (exact) mass is 283 g/mol. The Morgan fingerprint density at radius 2 is 2.07 bits per heavy atom. The van der Waals surface area contributed by atoms with Gasteiger partial charge in [-0.1, -0.05) is 17.7 Å². The standard InChI is InChI=1S/C9H9BrClF2N/c10-6-3-5(1-2-7(6)11)4-8(14)9(12)13/h1-3,8-9H,4,14H2. The molecule has 1 nitrogen and oxygen atoms in total. The molecule has 0 radical (unpaired) electrons. The zero-order valence-electron chi connectivity index (χ0n) is 7.18. The maximum absolute atomic E-state index is 12.1. The van der Waals surface area contributed by atoms with E-state index in [-0.39, 0.29) is 6.42 Å². The van der Waals surface area contributed by atoms with E-state index in [9.17, 15) is 8.78 Å². The molecule has 1 unspecified atom stereocenters. The van der Waals surface area contributed by atoms with Crippen molar-refractivity contribution in [3.05, 3.63) is 33.3 Å². The minimum atomic E-state index is -2.50. The number of alkyl halides is 2. The van der Waals surface area contributed by atoms with Crippen LogP contribution in [0.3, 0.4) is 0 Å². The summed E-state index contributed by atoms with van der Waals surface area (Å²) in [5.41, 5.74) is 5.98. The number of nitrogens with two attached hydrogens (primary N) is 1. The molecule has 0 aliphatic rings. The maximum Gasteiger partial charge on any atom is 0.253 e. The third kappa shape index (κ3) is 3.19. The normalized spacial score (nSPS) is 13.3. The van der Waals surface area contributed by atoms with Crippen molar-refractivity contribution >= 4 is 27.5 Å². The number of hydrogen-bond acceptors (Lipinski definition) is 1. The van der Waals surface area contributed by atoms with Gasteiger partial charge in [0.05, 0.1) is 11.1 Å². The molecule has 2 N–H and O–H groups in total. The van der Waals surface area contributed by atoms with Gasteiger partial charge >= 0.3 is 0 Å². The van der Waals surface area contributed by atoms with Crippen LogP contribution in [0.5, 0.6) is 0 Å². The smallest absolute Gasteiger partial charge is 0.253 e. The molecule has 1 aromatic rings. The molecular weight excluding hydrogens is 275 g/mol. The summed E-state index contributed by atoms with van der Waals surface area (Å²) in [4.78, 5) is 0. The van der Waals surface area contributed by atoms with Gasteiger partial charge in [-0.3, -0.25) is 0 Å². The Bertz CT molecular complexity index is 320. The lowest BCUT2D eigenvalue weighted by Gasteiger charge is -2.10. The SMILES string of the molecule is NC(Cc1ccc(Cl)c(Br)c1)C(F)F. The Morgan fingerprint density at radius 1 is 1.43 bits per heavy atom. The van der Waals surface area contributed by atoms with E-state index in [1.165, 1.54) is 0 Å². The van der Waals surface area contributed by atoms with Crippen LogP contribution in [0.4, 0.5) is 8.78 Å². The molecule has 0 aliphatic carbocycles. The van der Waals surface area contributed by atoms with Crippen LogP contribution in [0, 0.1) is 0 Å². The molecule has 0 amide bonds. The van der Waals surface area contributed by atoms with E-state index >= 15 is 0 Å². The molecule has 0 aromatic heterocycles. The van der Waals surface area contributed by atoms with Gasteiger partial charge in [0.1, 0.15) is 0 Å². The Kier molecular flexibility index (Phi) is 4.29. The highest BCUT2D eigenvalue weighted by Gasteiger charge is 2.15. The van der Waals surface area contributed by atoms with Crippen molar-refractivity contribution in [1.82, 2.24) is 0 Å². The van der Waals surface area contributed by atoms with Gasteiger partial charge in [-0.05, 0) is 40.0 Å². The molecule has 0 saturated heterocycles. The van der Waals surface area contributed by atoms with Gasteiger partial charge in [0.15, 0.2) is 0 Å². The molecule has 0 bridgehead atoms. The number of rotatable bonds is 3. The Balaban J connectivity index is 2.73. The second-order valence-electron chi connectivity index (χ2n) is 2.95. The zero-order valence-corrected chi connectivity index (χ0v) is 9.52. The van der Waals surface area contributed by atoms with Crippen molar-refractivity contribution in [1.29, 1.82) is 0 Å². The number of benzene rings is 1. The van der Waals surface area contributed by atoms with Crippen LogP contribution in [0.1, 0.15) is 5.56 Å². The molecular formula is C9H9BrClF2N. The van der Waals surface area contributed by atoms with Crippen LogP contribution in [0.15, 0.2) is 22.7 Å². The highest BCUT2D eigenvalue weighted by Crippen LogP contribution is 2.24. The Hall–Kier alpha value is -0.190. The second-order valence-corrected chi connectivity index (χ2v) is 4.21. The topological polar surface area (TPSA) is 26.0 Å². The van der Waals surface area contributed by atoms with Crippen molar-refractivity contribution in [2.75, 3.05) is 0 Å². The molecule has 1 atom stereocenters. The largest absolute Gasteiger partial charge is 0.323 e. The van der Waals surface area contributed by atoms with Crippen molar-refractivity contribution < 1.29 is 8.78 Å². The predicted octanol–water partition coefficient (Wildman–Crippen LogP) is 3.24. The first kappa shape index (κ1) is 11.9. The Morgan fingerprint density at radius 3 is 2.57 bits per heavy atom. The number of halogens is 4. The van der Waals surface area contributed by atoms with Crippen LogP contribution in [-0.2, 0) is 6.42 Å². The van der Waals surface area contributed by atoms with Crippen molar-refractivity contribution in [2.45, 2.75) is 18.9 Å². The number of hydrogen-bond donors (Lipinski definition) is 1. The van der Waals surface area contributed by atoms with Crippen LogP contribution in [-0.4, -0.2) is 12.5 Å². The fourth-order valence-corrected chi connectivity index (χ4v) is 1.57.